The highest BCUT2D eigenvalue weighted by molar-refractivity contribution is 6.42. The lowest BCUT2D eigenvalue weighted by molar-refractivity contribution is -0.117. The van der Waals surface area contributed by atoms with E-state index in [0.29, 0.717) is 0 Å². The molecule has 4 nitrogen and oxygen atoms in total. The zero-order chi connectivity index (χ0) is 11.6. The summed E-state index contributed by atoms with van der Waals surface area (Å²) in [6.07, 6.45) is -0.445. The number of rotatable bonds is 3. The van der Waals surface area contributed by atoms with Gasteiger partial charge in [-0.15, -0.1) is 0 Å². The Labute approximate surface area is 100 Å². The molecule has 0 spiro atoms. The first-order valence-corrected chi connectivity index (χ1v) is 4.88. The number of aromatic nitrogens is 1. The van der Waals surface area contributed by atoms with E-state index in [1.54, 1.807) is 0 Å². The van der Waals surface area contributed by atoms with Crippen molar-refractivity contribution in [2.24, 2.45) is 5.73 Å². The molecule has 0 aromatic carbocycles. The highest BCUT2D eigenvalue weighted by atomic mass is 35.5. The number of halogens is 3. The number of nitrogens with two attached hydrogens (primary N) is 1. The molecule has 7 heteroatoms. The molecule has 0 fully saturated rings. The molecule has 0 atom stereocenters. The smallest absolute Gasteiger partial charge is 0.225 e. The highest BCUT2D eigenvalue weighted by Crippen LogP contribution is 2.26. The monoisotopic (exact) mass is 266 g/mol. The molecule has 80 valence electrons. The number of hydrogen-bond donors (Lipinski definition) is 1. The van der Waals surface area contributed by atoms with Crippen LogP contribution in [-0.2, 0) is 4.79 Å². The van der Waals surface area contributed by atoms with Gasteiger partial charge in [0.1, 0.15) is 10.3 Å². The van der Waals surface area contributed by atoms with Crippen LogP contribution in [0.25, 0.3) is 0 Å². The lowest BCUT2D eigenvalue weighted by Crippen LogP contribution is -2.16. The van der Waals surface area contributed by atoms with Crippen LogP contribution in [0.1, 0.15) is 16.8 Å². The van der Waals surface area contributed by atoms with Crippen LogP contribution in [0.4, 0.5) is 0 Å². The number of carbonyl (C=O) groups is 2. The molecule has 0 unspecified atom stereocenters. The summed E-state index contributed by atoms with van der Waals surface area (Å²) in [6.45, 7) is 0. The highest BCUT2D eigenvalue weighted by Gasteiger charge is 2.16. The number of pyridine rings is 1. The molecule has 0 saturated heterocycles. The Hall–Kier alpha value is -0.840. The van der Waals surface area contributed by atoms with Crippen molar-refractivity contribution in [1.82, 2.24) is 4.98 Å². The summed E-state index contributed by atoms with van der Waals surface area (Å²) in [6, 6.07) is 1.25. The van der Waals surface area contributed by atoms with Gasteiger partial charge >= 0.3 is 0 Å². The van der Waals surface area contributed by atoms with Crippen LogP contribution in [0.15, 0.2) is 6.07 Å². The molecule has 0 aliphatic heterocycles. The number of hydrogen-bond acceptors (Lipinski definition) is 3. The Morgan fingerprint density at radius 3 is 2.40 bits per heavy atom. The molecule has 1 heterocycles. The van der Waals surface area contributed by atoms with Crippen molar-refractivity contribution in [3.63, 3.8) is 0 Å². The van der Waals surface area contributed by atoms with Crippen molar-refractivity contribution < 1.29 is 9.59 Å². The maximum Gasteiger partial charge on any atom is 0.225 e. The second-order valence-corrected chi connectivity index (χ2v) is 3.79. The predicted octanol–water partition coefficient (Wildman–Crippen LogP) is 2.10. The summed E-state index contributed by atoms with van der Waals surface area (Å²) in [5, 5.41) is -0.0122. The van der Waals surface area contributed by atoms with Gasteiger partial charge in [0, 0.05) is 0 Å². The largest absolute Gasteiger partial charge is 0.369 e. The molecule has 1 aromatic rings. The average molecular weight is 267 g/mol. The molecule has 0 aliphatic carbocycles. The maximum absolute atomic E-state index is 11.4. The second kappa shape index (κ2) is 4.79. The number of amides is 1. The molecular formula is C8H5Cl3N2O2. The lowest BCUT2D eigenvalue weighted by Gasteiger charge is -2.03. The molecule has 0 radical (unpaired) electrons. The first kappa shape index (κ1) is 12.2. The van der Waals surface area contributed by atoms with Crippen LogP contribution in [0.3, 0.4) is 0 Å². The molecule has 0 aliphatic rings. The van der Waals surface area contributed by atoms with Gasteiger partial charge < -0.3 is 5.73 Å². The Morgan fingerprint density at radius 2 is 1.87 bits per heavy atom. The van der Waals surface area contributed by atoms with Gasteiger partial charge in [-0.05, 0) is 6.07 Å². The predicted molar refractivity (Wildman–Crippen MR) is 57.4 cm³/mol. The van der Waals surface area contributed by atoms with Crippen molar-refractivity contribution in [3.05, 3.63) is 27.0 Å². The van der Waals surface area contributed by atoms with Gasteiger partial charge in [0.25, 0.3) is 0 Å². The fraction of sp³-hybridized carbons (Fsp3) is 0.125. The van der Waals surface area contributed by atoms with Gasteiger partial charge in [-0.2, -0.15) is 0 Å². The van der Waals surface area contributed by atoms with E-state index in [2.05, 4.69) is 4.98 Å². The van der Waals surface area contributed by atoms with Crippen LogP contribution in [0.2, 0.25) is 15.3 Å². The van der Waals surface area contributed by atoms with E-state index in [-0.39, 0.29) is 20.9 Å². The van der Waals surface area contributed by atoms with E-state index in [4.69, 9.17) is 40.5 Å². The standard InChI is InChI=1S/C8H5Cl3N2O2/c9-4-1-3(5(14)2-6(12)15)7(10)13-8(4)11/h1H,2H2,(H2,12,15). The minimum absolute atomic E-state index is 0.00251. The normalized spacial score (nSPS) is 10.1. The van der Waals surface area contributed by atoms with Crippen LogP contribution in [0, 0.1) is 0 Å². The molecule has 1 aromatic heterocycles. The van der Waals surface area contributed by atoms with Crippen molar-refractivity contribution >= 4 is 46.5 Å². The SMILES string of the molecule is NC(=O)CC(=O)c1cc(Cl)c(Cl)nc1Cl. The van der Waals surface area contributed by atoms with Gasteiger partial charge in [0.2, 0.25) is 5.91 Å². The van der Waals surface area contributed by atoms with Crippen LogP contribution in [-0.4, -0.2) is 16.7 Å². The van der Waals surface area contributed by atoms with E-state index >= 15 is 0 Å². The summed E-state index contributed by atoms with van der Waals surface area (Å²) in [5.41, 5.74) is 4.90. The topological polar surface area (TPSA) is 73.1 Å². The average Bonchev–Trinajstić information content (AvgIpc) is 2.09. The summed E-state index contributed by atoms with van der Waals surface area (Å²) < 4.78 is 0. The fourth-order valence-corrected chi connectivity index (χ4v) is 1.47. The van der Waals surface area contributed by atoms with Gasteiger partial charge in [-0.3, -0.25) is 9.59 Å². The Morgan fingerprint density at radius 1 is 1.27 bits per heavy atom. The zero-order valence-corrected chi connectivity index (χ0v) is 9.53. The molecule has 1 amide bonds. The fourth-order valence-electron chi connectivity index (χ4n) is 0.895. The number of primary amides is 1. The first-order valence-electron chi connectivity index (χ1n) is 3.75. The third-order valence-electron chi connectivity index (χ3n) is 1.52. The summed E-state index contributed by atoms with van der Waals surface area (Å²) in [4.78, 5) is 25.6. The van der Waals surface area contributed by atoms with Crippen molar-refractivity contribution in [3.8, 4) is 0 Å². The maximum atomic E-state index is 11.4. The third kappa shape index (κ3) is 3.06. The van der Waals surface area contributed by atoms with Gasteiger partial charge in [0.05, 0.1) is 17.0 Å². The van der Waals surface area contributed by atoms with Crippen LogP contribution >= 0.6 is 34.8 Å². The zero-order valence-electron chi connectivity index (χ0n) is 7.26. The van der Waals surface area contributed by atoms with Crippen LogP contribution in [0.5, 0.6) is 0 Å². The van der Waals surface area contributed by atoms with E-state index in [1.807, 2.05) is 0 Å². The molecular weight excluding hydrogens is 262 g/mol. The summed E-state index contributed by atoms with van der Waals surface area (Å²) in [5.74, 6) is -1.29. The second-order valence-electron chi connectivity index (χ2n) is 2.67. The van der Waals surface area contributed by atoms with E-state index in [1.165, 1.54) is 6.07 Å². The third-order valence-corrected chi connectivity index (χ3v) is 2.48. The Bertz CT molecular complexity index is 434. The van der Waals surface area contributed by atoms with E-state index < -0.39 is 18.1 Å². The number of Topliss-reactive ketones (excluding diaryl/α,β-unsaturated/α-hetero) is 1. The molecule has 0 saturated carbocycles. The Balaban J connectivity index is 3.09. The number of ketones is 1. The lowest BCUT2D eigenvalue weighted by atomic mass is 10.1. The summed E-state index contributed by atoms with van der Waals surface area (Å²) >= 11 is 16.9. The van der Waals surface area contributed by atoms with E-state index in [9.17, 15) is 9.59 Å². The van der Waals surface area contributed by atoms with Crippen molar-refractivity contribution in [2.75, 3.05) is 0 Å². The Kier molecular flexibility index (Phi) is 3.90. The van der Waals surface area contributed by atoms with Crippen molar-refractivity contribution in [1.29, 1.82) is 0 Å². The molecule has 2 N–H and O–H groups in total. The molecule has 15 heavy (non-hydrogen) atoms. The van der Waals surface area contributed by atoms with Gasteiger partial charge in [-0.1, -0.05) is 34.8 Å². The van der Waals surface area contributed by atoms with Crippen molar-refractivity contribution in [2.45, 2.75) is 6.42 Å². The molecule has 1 rings (SSSR count). The summed E-state index contributed by atoms with van der Waals surface area (Å²) in [7, 11) is 0. The number of carbonyl (C=O) groups excluding carboxylic acids is 2. The van der Waals surface area contributed by atoms with Gasteiger partial charge in [-0.25, -0.2) is 4.98 Å². The minimum Gasteiger partial charge on any atom is -0.369 e. The molecule has 0 bridgehead atoms. The van der Waals surface area contributed by atoms with E-state index in [0.717, 1.165) is 0 Å². The van der Waals surface area contributed by atoms with Crippen LogP contribution < -0.4 is 5.73 Å². The minimum atomic E-state index is -0.748. The first-order chi connectivity index (χ1) is 6.91. The number of nitrogens with zero attached hydrogens (tertiary/aromatic N) is 1. The quantitative estimate of drug-likeness (QED) is 0.518. The van der Waals surface area contributed by atoms with Gasteiger partial charge in [0.15, 0.2) is 5.78 Å².